The highest BCUT2D eigenvalue weighted by Gasteiger charge is 2.17. The molecule has 1 heterocycles. The van der Waals surface area contributed by atoms with Crippen LogP contribution in [0.3, 0.4) is 0 Å². The van der Waals surface area contributed by atoms with Crippen LogP contribution in [0.1, 0.15) is 29.2 Å². The molecule has 0 unspecified atom stereocenters. The normalized spacial score (nSPS) is 10.8. The van der Waals surface area contributed by atoms with Gasteiger partial charge in [0.25, 0.3) is 5.91 Å². The predicted octanol–water partition coefficient (Wildman–Crippen LogP) is 5.41. The lowest BCUT2D eigenvalue weighted by atomic mass is 10.2. The summed E-state index contributed by atoms with van der Waals surface area (Å²) in [7, 11) is 0. The average Bonchev–Trinajstić information content (AvgIpc) is 3.03. The van der Waals surface area contributed by atoms with Gasteiger partial charge >= 0.3 is 0 Å². The number of thiazole rings is 1. The molecule has 26 heavy (non-hydrogen) atoms. The zero-order valence-electron chi connectivity index (χ0n) is 15.2. The van der Waals surface area contributed by atoms with Crippen LogP contribution in [0.5, 0.6) is 5.75 Å². The molecule has 0 atom stereocenters. The van der Waals surface area contributed by atoms with E-state index in [2.05, 4.69) is 24.1 Å². The fourth-order valence-electron chi connectivity index (χ4n) is 2.44. The molecule has 0 radical (unpaired) electrons. The zero-order valence-corrected chi connectivity index (χ0v) is 16.0. The van der Waals surface area contributed by atoms with E-state index in [0.29, 0.717) is 28.8 Å². The Bertz CT molecular complexity index is 888. The number of ether oxygens (including phenoxy) is 1. The van der Waals surface area contributed by atoms with Crippen molar-refractivity contribution in [1.82, 2.24) is 4.98 Å². The Morgan fingerprint density at radius 3 is 2.54 bits per heavy atom. The highest BCUT2D eigenvalue weighted by Crippen LogP contribution is 2.30. The largest absolute Gasteiger partial charge is 0.491 e. The van der Waals surface area contributed by atoms with Crippen LogP contribution in [-0.4, -0.2) is 17.5 Å². The van der Waals surface area contributed by atoms with Gasteiger partial charge in [-0.25, -0.2) is 4.98 Å². The summed E-state index contributed by atoms with van der Waals surface area (Å²) in [6, 6.07) is 17.4. The number of carbonyl (C=O) groups is 1. The Hall–Kier alpha value is -2.66. The minimum atomic E-state index is -0.164. The molecule has 0 aliphatic carbocycles. The van der Waals surface area contributed by atoms with Crippen LogP contribution in [0.15, 0.2) is 54.6 Å². The smallest absolute Gasteiger partial charge is 0.267 e. The summed E-state index contributed by atoms with van der Waals surface area (Å²) in [5, 5.41) is 3.81. The first-order valence-corrected chi connectivity index (χ1v) is 9.42. The average molecular weight is 366 g/mol. The third-order valence-electron chi connectivity index (χ3n) is 3.73. The van der Waals surface area contributed by atoms with Crippen LogP contribution in [0.2, 0.25) is 0 Å². The number of para-hydroxylation sites is 2. The predicted molar refractivity (Wildman–Crippen MR) is 107 cm³/mol. The van der Waals surface area contributed by atoms with Gasteiger partial charge in [-0.3, -0.25) is 4.79 Å². The standard InChI is InChI=1S/C21H22N2O2S/c1-14(2)13-25-18-12-8-7-11-17(18)23-20(24)19-15(3)22-21(26-19)16-9-5-4-6-10-16/h4-12,14H,13H2,1-3H3,(H,23,24). The van der Waals surface area contributed by atoms with E-state index < -0.39 is 0 Å². The molecule has 134 valence electrons. The number of benzene rings is 2. The number of amides is 1. The van der Waals surface area contributed by atoms with Crippen LogP contribution in [0.25, 0.3) is 10.6 Å². The number of rotatable bonds is 6. The summed E-state index contributed by atoms with van der Waals surface area (Å²) in [4.78, 5) is 17.9. The molecule has 3 rings (SSSR count). The lowest BCUT2D eigenvalue weighted by Gasteiger charge is -2.13. The number of nitrogens with zero attached hydrogens (tertiary/aromatic N) is 1. The van der Waals surface area contributed by atoms with Crippen molar-refractivity contribution in [2.45, 2.75) is 20.8 Å². The number of carbonyl (C=O) groups excluding carboxylic acids is 1. The Morgan fingerprint density at radius 1 is 1.12 bits per heavy atom. The summed E-state index contributed by atoms with van der Waals surface area (Å²) in [6.07, 6.45) is 0. The molecule has 0 saturated heterocycles. The lowest BCUT2D eigenvalue weighted by molar-refractivity contribution is 0.102. The molecule has 0 fully saturated rings. The van der Waals surface area contributed by atoms with Crippen molar-refractivity contribution < 1.29 is 9.53 Å². The Kier molecular flexibility index (Phi) is 5.68. The van der Waals surface area contributed by atoms with E-state index in [-0.39, 0.29) is 5.91 Å². The highest BCUT2D eigenvalue weighted by molar-refractivity contribution is 7.17. The molecule has 3 aromatic rings. The molecule has 1 amide bonds. The summed E-state index contributed by atoms with van der Waals surface area (Å²) >= 11 is 1.40. The molecule has 1 N–H and O–H groups in total. The van der Waals surface area contributed by atoms with Gasteiger partial charge in [0.15, 0.2) is 0 Å². The van der Waals surface area contributed by atoms with Crippen LogP contribution in [-0.2, 0) is 0 Å². The van der Waals surface area contributed by atoms with Crippen LogP contribution in [0.4, 0.5) is 5.69 Å². The molecule has 0 spiro atoms. The SMILES string of the molecule is Cc1nc(-c2ccccc2)sc1C(=O)Nc1ccccc1OCC(C)C. The van der Waals surface area contributed by atoms with Gasteiger partial charge in [0, 0.05) is 5.56 Å². The first-order valence-electron chi connectivity index (χ1n) is 8.60. The van der Waals surface area contributed by atoms with Crippen LogP contribution in [0, 0.1) is 12.8 Å². The second-order valence-electron chi connectivity index (χ2n) is 6.45. The minimum absolute atomic E-state index is 0.164. The van der Waals surface area contributed by atoms with E-state index in [0.717, 1.165) is 16.3 Å². The molecule has 4 nitrogen and oxygen atoms in total. The first kappa shape index (κ1) is 18.1. The second-order valence-corrected chi connectivity index (χ2v) is 7.45. The van der Waals surface area contributed by atoms with E-state index in [1.807, 2.05) is 61.5 Å². The van der Waals surface area contributed by atoms with Gasteiger partial charge in [-0.05, 0) is 25.0 Å². The summed E-state index contributed by atoms with van der Waals surface area (Å²) in [5.41, 5.74) is 2.42. The first-order chi connectivity index (χ1) is 12.5. The lowest BCUT2D eigenvalue weighted by Crippen LogP contribution is -2.13. The van der Waals surface area contributed by atoms with Crippen molar-refractivity contribution in [3.8, 4) is 16.3 Å². The Labute approximate surface area is 157 Å². The van der Waals surface area contributed by atoms with Gasteiger partial charge in [-0.15, -0.1) is 11.3 Å². The highest BCUT2D eigenvalue weighted by atomic mass is 32.1. The number of hydrogen-bond acceptors (Lipinski definition) is 4. The molecule has 0 bridgehead atoms. The summed E-state index contributed by atoms with van der Waals surface area (Å²) in [6.45, 7) is 6.64. The fourth-order valence-corrected chi connectivity index (χ4v) is 3.41. The van der Waals surface area contributed by atoms with Crippen molar-refractivity contribution in [3.63, 3.8) is 0 Å². The fraction of sp³-hybridized carbons (Fsp3) is 0.238. The number of aryl methyl sites for hydroxylation is 1. The van der Waals surface area contributed by atoms with Crippen molar-refractivity contribution in [1.29, 1.82) is 0 Å². The van der Waals surface area contributed by atoms with E-state index in [1.54, 1.807) is 0 Å². The third kappa shape index (κ3) is 4.29. The van der Waals surface area contributed by atoms with E-state index in [9.17, 15) is 4.79 Å². The van der Waals surface area contributed by atoms with Gasteiger partial charge < -0.3 is 10.1 Å². The number of anilines is 1. The van der Waals surface area contributed by atoms with Gasteiger partial charge in [0.1, 0.15) is 15.6 Å². The van der Waals surface area contributed by atoms with E-state index in [4.69, 9.17) is 4.74 Å². The summed E-state index contributed by atoms with van der Waals surface area (Å²) < 4.78 is 5.81. The maximum Gasteiger partial charge on any atom is 0.267 e. The van der Waals surface area contributed by atoms with E-state index >= 15 is 0 Å². The van der Waals surface area contributed by atoms with Gasteiger partial charge in [0.2, 0.25) is 0 Å². The number of nitrogens with one attached hydrogen (secondary N) is 1. The monoisotopic (exact) mass is 366 g/mol. The van der Waals surface area contributed by atoms with Crippen molar-refractivity contribution in [2.24, 2.45) is 5.92 Å². The summed E-state index contributed by atoms with van der Waals surface area (Å²) in [5.74, 6) is 0.929. The van der Waals surface area contributed by atoms with Crippen molar-refractivity contribution >= 4 is 22.9 Å². The van der Waals surface area contributed by atoms with Gasteiger partial charge in [-0.1, -0.05) is 56.3 Å². The van der Waals surface area contributed by atoms with Crippen LogP contribution >= 0.6 is 11.3 Å². The third-order valence-corrected chi connectivity index (χ3v) is 4.94. The molecule has 0 aliphatic rings. The molecule has 0 aliphatic heterocycles. The molecule has 1 aromatic heterocycles. The maximum atomic E-state index is 12.8. The quantitative estimate of drug-likeness (QED) is 0.635. The Morgan fingerprint density at radius 2 is 1.81 bits per heavy atom. The van der Waals surface area contributed by atoms with Crippen molar-refractivity contribution in [2.75, 3.05) is 11.9 Å². The van der Waals surface area contributed by atoms with Gasteiger partial charge in [0.05, 0.1) is 18.0 Å². The minimum Gasteiger partial charge on any atom is -0.491 e. The van der Waals surface area contributed by atoms with E-state index in [1.165, 1.54) is 11.3 Å². The zero-order chi connectivity index (χ0) is 18.5. The maximum absolute atomic E-state index is 12.8. The number of hydrogen-bond donors (Lipinski definition) is 1. The molecule has 0 saturated carbocycles. The Balaban J connectivity index is 1.80. The molecule has 2 aromatic carbocycles. The van der Waals surface area contributed by atoms with Crippen LogP contribution < -0.4 is 10.1 Å². The number of aromatic nitrogens is 1. The molecular formula is C21H22N2O2S. The molecular weight excluding hydrogens is 344 g/mol. The van der Waals surface area contributed by atoms with Gasteiger partial charge in [-0.2, -0.15) is 0 Å². The molecule has 5 heteroatoms. The second kappa shape index (κ2) is 8.15. The van der Waals surface area contributed by atoms with Crippen molar-refractivity contribution in [3.05, 3.63) is 65.2 Å². The topological polar surface area (TPSA) is 51.2 Å².